The van der Waals surface area contributed by atoms with Crippen LogP contribution in [0, 0.1) is 0 Å². The highest BCUT2D eigenvalue weighted by molar-refractivity contribution is 5.34. The normalized spacial score (nSPS) is 16.2. The van der Waals surface area contributed by atoms with Crippen LogP contribution in [0.1, 0.15) is 30.5 Å². The highest BCUT2D eigenvalue weighted by Crippen LogP contribution is 2.19. The lowest BCUT2D eigenvalue weighted by Gasteiger charge is -2.21. The Bertz CT molecular complexity index is 352. The van der Waals surface area contributed by atoms with Crippen molar-refractivity contribution in [1.82, 2.24) is 5.32 Å². The third kappa shape index (κ3) is 2.80. The minimum atomic E-state index is -0.610. The molecule has 0 spiro atoms. The predicted molar refractivity (Wildman–Crippen MR) is 61.9 cm³/mol. The fourth-order valence-electron chi connectivity index (χ4n) is 2.14. The van der Waals surface area contributed by atoms with Gasteiger partial charge >= 0.3 is 0 Å². The van der Waals surface area contributed by atoms with Crippen LogP contribution in [0.25, 0.3) is 0 Å². The molecule has 0 aromatic heterocycles. The van der Waals surface area contributed by atoms with Crippen LogP contribution in [0.3, 0.4) is 0 Å². The molecule has 2 N–H and O–H groups in total. The average Bonchev–Trinajstić information content (AvgIpc) is 2.15. The number of fused-ring (bicyclic) bond motifs is 1. The second-order valence-corrected chi connectivity index (χ2v) is 5.02. The Balaban J connectivity index is 2.21. The van der Waals surface area contributed by atoms with Gasteiger partial charge in [0.25, 0.3) is 0 Å². The molecule has 2 heteroatoms. The van der Waals surface area contributed by atoms with Crippen molar-refractivity contribution < 1.29 is 5.11 Å². The fourth-order valence-corrected chi connectivity index (χ4v) is 2.14. The first kappa shape index (κ1) is 10.7. The van der Waals surface area contributed by atoms with Gasteiger partial charge in [-0.2, -0.15) is 0 Å². The smallest absolute Gasteiger partial charge is 0.0631 e. The fraction of sp³-hybridized carbons (Fsp3) is 0.538. The Kier molecular flexibility index (Phi) is 2.81. The van der Waals surface area contributed by atoms with Crippen LogP contribution in [0.4, 0.5) is 0 Å². The zero-order chi connectivity index (χ0) is 10.9. The van der Waals surface area contributed by atoms with E-state index >= 15 is 0 Å². The van der Waals surface area contributed by atoms with Gasteiger partial charge in [0.1, 0.15) is 0 Å². The van der Waals surface area contributed by atoms with Crippen LogP contribution in [-0.4, -0.2) is 17.3 Å². The minimum Gasteiger partial charge on any atom is -0.390 e. The van der Waals surface area contributed by atoms with Crippen molar-refractivity contribution in [2.45, 2.75) is 38.8 Å². The van der Waals surface area contributed by atoms with Crippen molar-refractivity contribution in [3.8, 4) is 0 Å². The Labute approximate surface area is 91.3 Å². The second kappa shape index (κ2) is 3.95. The molecule has 2 nitrogen and oxygen atoms in total. The lowest BCUT2D eigenvalue weighted by atomic mass is 9.93. The van der Waals surface area contributed by atoms with Gasteiger partial charge in [0, 0.05) is 13.0 Å². The van der Waals surface area contributed by atoms with Gasteiger partial charge in [0.2, 0.25) is 0 Å². The number of hydrogen-bond acceptors (Lipinski definition) is 2. The molecule has 0 unspecified atom stereocenters. The Morgan fingerprint density at radius 2 is 2.13 bits per heavy atom. The van der Waals surface area contributed by atoms with Gasteiger partial charge in [-0.15, -0.1) is 0 Å². The van der Waals surface area contributed by atoms with Crippen LogP contribution in [0.2, 0.25) is 0 Å². The van der Waals surface area contributed by atoms with Gasteiger partial charge in [-0.3, -0.25) is 0 Å². The molecule has 0 radical (unpaired) electrons. The van der Waals surface area contributed by atoms with Crippen LogP contribution in [-0.2, 0) is 19.4 Å². The summed E-state index contributed by atoms with van der Waals surface area (Å²) in [6.07, 6.45) is 1.84. The quantitative estimate of drug-likeness (QED) is 0.769. The zero-order valence-corrected chi connectivity index (χ0v) is 9.51. The first-order valence-corrected chi connectivity index (χ1v) is 5.58. The van der Waals surface area contributed by atoms with E-state index in [9.17, 15) is 5.11 Å². The zero-order valence-electron chi connectivity index (χ0n) is 9.51. The first-order valence-electron chi connectivity index (χ1n) is 5.58. The molecule has 0 bridgehead atoms. The minimum absolute atomic E-state index is 0.610. The summed E-state index contributed by atoms with van der Waals surface area (Å²) in [7, 11) is 0. The van der Waals surface area contributed by atoms with Crippen LogP contribution in [0.15, 0.2) is 18.2 Å². The number of rotatable bonds is 2. The number of hydrogen-bond donors (Lipinski definition) is 2. The molecule has 1 aromatic rings. The number of aliphatic hydroxyl groups is 1. The molecular weight excluding hydrogens is 186 g/mol. The number of nitrogens with one attached hydrogen (secondary N) is 1. The van der Waals surface area contributed by atoms with E-state index in [1.807, 2.05) is 13.8 Å². The van der Waals surface area contributed by atoms with Gasteiger partial charge in [-0.1, -0.05) is 18.2 Å². The van der Waals surface area contributed by atoms with Crippen LogP contribution < -0.4 is 5.32 Å². The molecule has 0 saturated heterocycles. The summed E-state index contributed by atoms with van der Waals surface area (Å²) >= 11 is 0. The first-order chi connectivity index (χ1) is 7.04. The van der Waals surface area contributed by atoms with Gasteiger partial charge < -0.3 is 10.4 Å². The second-order valence-electron chi connectivity index (χ2n) is 5.02. The van der Waals surface area contributed by atoms with E-state index in [1.165, 1.54) is 16.7 Å². The highest BCUT2D eigenvalue weighted by atomic mass is 16.3. The van der Waals surface area contributed by atoms with Crippen LogP contribution in [0.5, 0.6) is 0 Å². The molecule has 0 aliphatic carbocycles. The van der Waals surface area contributed by atoms with Gasteiger partial charge in [-0.25, -0.2) is 0 Å². The van der Waals surface area contributed by atoms with E-state index in [1.54, 1.807) is 0 Å². The van der Waals surface area contributed by atoms with E-state index in [2.05, 4.69) is 23.5 Å². The third-order valence-electron chi connectivity index (χ3n) is 2.79. The van der Waals surface area contributed by atoms with E-state index in [0.29, 0.717) is 0 Å². The molecule has 0 fully saturated rings. The Morgan fingerprint density at radius 1 is 1.33 bits per heavy atom. The molecule has 1 aliphatic heterocycles. The SMILES string of the molecule is CC(C)(O)Cc1ccc2c(c1)CCNC2. The maximum absolute atomic E-state index is 9.76. The lowest BCUT2D eigenvalue weighted by Crippen LogP contribution is -2.25. The van der Waals surface area contributed by atoms with Crippen molar-refractivity contribution in [2.75, 3.05) is 6.54 Å². The standard InChI is InChI=1S/C13H19NO/c1-13(2,15)8-10-3-4-12-9-14-6-5-11(12)7-10/h3-4,7,14-15H,5-6,8-9H2,1-2H3. The summed E-state index contributed by atoms with van der Waals surface area (Å²) in [4.78, 5) is 0. The van der Waals surface area contributed by atoms with Crippen molar-refractivity contribution >= 4 is 0 Å². The molecule has 1 aliphatic rings. The summed E-state index contributed by atoms with van der Waals surface area (Å²) in [5.41, 5.74) is 3.47. The Morgan fingerprint density at radius 3 is 2.87 bits per heavy atom. The van der Waals surface area contributed by atoms with Gasteiger partial charge in [0.05, 0.1) is 5.60 Å². The molecule has 1 heterocycles. The monoisotopic (exact) mass is 205 g/mol. The molecule has 82 valence electrons. The van der Waals surface area contributed by atoms with E-state index in [4.69, 9.17) is 0 Å². The van der Waals surface area contributed by atoms with Crippen LogP contribution >= 0.6 is 0 Å². The predicted octanol–water partition coefficient (Wildman–Crippen LogP) is 1.65. The van der Waals surface area contributed by atoms with Gasteiger partial charge in [0.15, 0.2) is 0 Å². The average molecular weight is 205 g/mol. The molecule has 15 heavy (non-hydrogen) atoms. The lowest BCUT2D eigenvalue weighted by molar-refractivity contribution is 0.0810. The molecule has 0 atom stereocenters. The maximum Gasteiger partial charge on any atom is 0.0631 e. The summed E-state index contributed by atoms with van der Waals surface area (Å²) < 4.78 is 0. The summed E-state index contributed by atoms with van der Waals surface area (Å²) in [6.45, 7) is 5.76. The molecule has 0 saturated carbocycles. The largest absolute Gasteiger partial charge is 0.390 e. The van der Waals surface area contributed by atoms with E-state index in [-0.39, 0.29) is 0 Å². The van der Waals surface area contributed by atoms with Crippen molar-refractivity contribution in [3.63, 3.8) is 0 Å². The number of benzene rings is 1. The molecule has 2 rings (SSSR count). The Hall–Kier alpha value is -0.860. The van der Waals surface area contributed by atoms with Gasteiger partial charge in [-0.05, 0) is 43.5 Å². The van der Waals surface area contributed by atoms with E-state index in [0.717, 1.165) is 25.9 Å². The van der Waals surface area contributed by atoms with Crippen molar-refractivity contribution in [3.05, 3.63) is 34.9 Å². The summed E-state index contributed by atoms with van der Waals surface area (Å²) in [5.74, 6) is 0. The highest BCUT2D eigenvalue weighted by Gasteiger charge is 2.15. The summed E-state index contributed by atoms with van der Waals surface area (Å²) in [6, 6.07) is 6.56. The van der Waals surface area contributed by atoms with Crippen molar-refractivity contribution in [1.29, 1.82) is 0 Å². The topological polar surface area (TPSA) is 32.3 Å². The summed E-state index contributed by atoms with van der Waals surface area (Å²) in [5, 5.41) is 13.1. The maximum atomic E-state index is 9.76. The third-order valence-corrected chi connectivity index (χ3v) is 2.79. The van der Waals surface area contributed by atoms with E-state index < -0.39 is 5.60 Å². The van der Waals surface area contributed by atoms with Crippen molar-refractivity contribution in [2.24, 2.45) is 0 Å². The molecular formula is C13H19NO. The molecule has 0 amide bonds. The molecule has 1 aromatic carbocycles.